The van der Waals surface area contributed by atoms with Crippen LogP contribution in [0.3, 0.4) is 0 Å². The third-order valence-corrected chi connectivity index (χ3v) is 3.93. The van der Waals surface area contributed by atoms with Gasteiger partial charge in [-0.15, -0.1) is 0 Å². The van der Waals surface area contributed by atoms with Crippen molar-refractivity contribution in [3.8, 4) is 5.75 Å². The molecule has 3 nitrogen and oxygen atoms in total. The minimum absolute atomic E-state index is 0.0674. The van der Waals surface area contributed by atoms with Crippen LogP contribution in [0.4, 0.5) is 0 Å². The van der Waals surface area contributed by atoms with Gasteiger partial charge in [0.25, 0.3) is 0 Å². The summed E-state index contributed by atoms with van der Waals surface area (Å²) >= 11 is 0. The molecule has 98 valence electrons. The number of aryl methyl sites for hydroxylation is 1. The molecule has 3 heteroatoms. The Morgan fingerprint density at radius 3 is 2.50 bits per heavy atom. The van der Waals surface area contributed by atoms with Gasteiger partial charge in [-0.2, -0.15) is 0 Å². The Morgan fingerprint density at radius 2 is 2.06 bits per heavy atom. The second-order valence-electron chi connectivity index (χ2n) is 5.11. The quantitative estimate of drug-likeness (QED) is 0.769. The average molecular weight is 248 g/mol. The van der Waals surface area contributed by atoms with E-state index in [1.807, 2.05) is 19.1 Å². The van der Waals surface area contributed by atoms with Crippen molar-refractivity contribution in [2.45, 2.75) is 32.6 Å². The van der Waals surface area contributed by atoms with Gasteiger partial charge in [0, 0.05) is 0 Å². The van der Waals surface area contributed by atoms with Gasteiger partial charge in [-0.25, -0.2) is 0 Å². The largest absolute Gasteiger partial charge is 0.496 e. The van der Waals surface area contributed by atoms with Crippen LogP contribution in [-0.4, -0.2) is 20.2 Å². The molecule has 0 radical (unpaired) electrons. The molecule has 18 heavy (non-hydrogen) atoms. The summed E-state index contributed by atoms with van der Waals surface area (Å²) in [5, 5.41) is 0. The molecule has 0 atom stereocenters. The van der Waals surface area contributed by atoms with Crippen molar-refractivity contribution in [2.24, 2.45) is 5.41 Å². The zero-order chi connectivity index (χ0) is 13.2. The standard InChI is InChI=1S/C15H20O3/c1-11-9-12(5-6-13(11)17-2)10-15(7-4-8-15)14(16)18-3/h5-6,9H,4,7-8,10H2,1-3H3. The van der Waals surface area contributed by atoms with E-state index in [2.05, 4.69) is 6.07 Å². The average Bonchev–Trinajstić information content (AvgIpc) is 2.33. The molecule has 0 unspecified atom stereocenters. The van der Waals surface area contributed by atoms with Crippen LogP contribution in [0.1, 0.15) is 30.4 Å². The monoisotopic (exact) mass is 248 g/mol. The first-order chi connectivity index (χ1) is 8.61. The molecular weight excluding hydrogens is 228 g/mol. The highest BCUT2D eigenvalue weighted by atomic mass is 16.5. The van der Waals surface area contributed by atoms with Gasteiger partial charge in [0.05, 0.1) is 19.6 Å². The molecule has 1 aromatic rings. The number of carbonyl (C=O) groups is 1. The van der Waals surface area contributed by atoms with E-state index in [0.29, 0.717) is 0 Å². The Morgan fingerprint density at radius 1 is 1.33 bits per heavy atom. The molecule has 1 saturated carbocycles. The molecule has 0 heterocycles. The Kier molecular flexibility index (Phi) is 3.60. The molecule has 0 amide bonds. The fourth-order valence-electron chi connectivity index (χ4n) is 2.71. The molecule has 1 aromatic carbocycles. The zero-order valence-electron chi connectivity index (χ0n) is 11.3. The van der Waals surface area contributed by atoms with E-state index >= 15 is 0 Å². The molecule has 0 bridgehead atoms. The third kappa shape index (κ3) is 2.22. The van der Waals surface area contributed by atoms with E-state index in [-0.39, 0.29) is 11.4 Å². The summed E-state index contributed by atoms with van der Waals surface area (Å²) < 4.78 is 10.2. The summed E-state index contributed by atoms with van der Waals surface area (Å²) in [6.45, 7) is 2.02. The maximum Gasteiger partial charge on any atom is 0.312 e. The van der Waals surface area contributed by atoms with Crippen LogP contribution in [0.2, 0.25) is 0 Å². The van der Waals surface area contributed by atoms with Gasteiger partial charge in [-0.3, -0.25) is 4.79 Å². The van der Waals surface area contributed by atoms with Gasteiger partial charge >= 0.3 is 5.97 Å². The molecular formula is C15H20O3. The number of carbonyl (C=O) groups excluding carboxylic acids is 1. The molecule has 1 aliphatic rings. The number of ether oxygens (including phenoxy) is 2. The Balaban J connectivity index is 2.18. The summed E-state index contributed by atoms with van der Waals surface area (Å²) in [6.07, 6.45) is 3.75. The summed E-state index contributed by atoms with van der Waals surface area (Å²) in [6, 6.07) is 6.10. The minimum Gasteiger partial charge on any atom is -0.496 e. The molecule has 1 aliphatic carbocycles. The van der Waals surface area contributed by atoms with E-state index < -0.39 is 0 Å². The first kappa shape index (κ1) is 12.9. The van der Waals surface area contributed by atoms with E-state index in [1.54, 1.807) is 7.11 Å². The van der Waals surface area contributed by atoms with Gasteiger partial charge in [-0.1, -0.05) is 18.6 Å². The number of esters is 1. The van der Waals surface area contributed by atoms with Crippen molar-refractivity contribution in [1.29, 1.82) is 0 Å². The van der Waals surface area contributed by atoms with Crippen molar-refractivity contribution in [3.05, 3.63) is 29.3 Å². The van der Waals surface area contributed by atoms with E-state index in [1.165, 1.54) is 12.7 Å². The van der Waals surface area contributed by atoms with Crippen LogP contribution < -0.4 is 4.74 Å². The van der Waals surface area contributed by atoms with Crippen LogP contribution in [0.25, 0.3) is 0 Å². The summed E-state index contributed by atoms with van der Waals surface area (Å²) in [4.78, 5) is 11.9. The highest BCUT2D eigenvalue weighted by Crippen LogP contribution is 2.45. The van der Waals surface area contributed by atoms with Crippen LogP contribution >= 0.6 is 0 Å². The summed E-state index contributed by atoms with van der Waals surface area (Å²) in [7, 11) is 3.14. The normalized spacial score (nSPS) is 16.8. The molecule has 1 fully saturated rings. The lowest BCUT2D eigenvalue weighted by Gasteiger charge is -2.39. The van der Waals surface area contributed by atoms with Crippen molar-refractivity contribution >= 4 is 5.97 Å². The Labute approximate surface area is 108 Å². The van der Waals surface area contributed by atoms with Crippen molar-refractivity contribution in [2.75, 3.05) is 14.2 Å². The molecule has 0 aromatic heterocycles. The fraction of sp³-hybridized carbons (Fsp3) is 0.533. The maximum absolute atomic E-state index is 11.9. The second kappa shape index (κ2) is 5.01. The lowest BCUT2D eigenvalue weighted by molar-refractivity contribution is -0.158. The number of benzene rings is 1. The Hall–Kier alpha value is -1.51. The first-order valence-corrected chi connectivity index (χ1v) is 6.33. The van der Waals surface area contributed by atoms with Crippen molar-refractivity contribution < 1.29 is 14.3 Å². The van der Waals surface area contributed by atoms with E-state index in [4.69, 9.17) is 9.47 Å². The second-order valence-corrected chi connectivity index (χ2v) is 5.11. The smallest absolute Gasteiger partial charge is 0.312 e. The maximum atomic E-state index is 11.9. The van der Waals surface area contributed by atoms with Gasteiger partial charge in [0.15, 0.2) is 0 Å². The highest BCUT2D eigenvalue weighted by molar-refractivity contribution is 5.78. The molecule has 0 aliphatic heterocycles. The number of hydrogen-bond donors (Lipinski definition) is 0. The molecule has 0 saturated heterocycles. The fourth-order valence-corrected chi connectivity index (χ4v) is 2.71. The van der Waals surface area contributed by atoms with Crippen molar-refractivity contribution in [3.63, 3.8) is 0 Å². The minimum atomic E-state index is -0.282. The van der Waals surface area contributed by atoms with Gasteiger partial charge in [0.1, 0.15) is 5.75 Å². The van der Waals surface area contributed by atoms with Gasteiger partial charge < -0.3 is 9.47 Å². The SMILES string of the molecule is COC(=O)C1(Cc2ccc(OC)c(C)c2)CCC1. The molecule has 2 rings (SSSR count). The molecule has 0 spiro atoms. The number of hydrogen-bond acceptors (Lipinski definition) is 3. The number of methoxy groups -OCH3 is 2. The molecule has 0 N–H and O–H groups in total. The van der Waals surface area contributed by atoms with Crippen LogP contribution in [0.5, 0.6) is 5.75 Å². The summed E-state index contributed by atoms with van der Waals surface area (Å²) in [5.74, 6) is 0.821. The van der Waals surface area contributed by atoms with Crippen LogP contribution in [0, 0.1) is 12.3 Å². The Bertz CT molecular complexity index is 447. The van der Waals surface area contributed by atoms with Gasteiger partial charge in [0.2, 0.25) is 0 Å². The predicted octanol–water partition coefficient (Wildman–Crippen LogP) is 2.89. The van der Waals surface area contributed by atoms with Crippen LogP contribution in [0.15, 0.2) is 18.2 Å². The van der Waals surface area contributed by atoms with Crippen LogP contribution in [-0.2, 0) is 16.0 Å². The first-order valence-electron chi connectivity index (χ1n) is 6.33. The third-order valence-electron chi connectivity index (χ3n) is 3.93. The summed E-state index contributed by atoms with van der Waals surface area (Å²) in [5.41, 5.74) is 2.00. The lowest BCUT2D eigenvalue weighted by atomic mass is 9.65. The highest BCUT2D eigenvalue weighted by Gasteiger charge is 2.45. The van der Waals surface area contributed by atoms with Crippen molar-refractivity contribution in [1.82, 2.24) is 0 Å². The van der Waals surface area contributed by atoms with Gasteiger partial charge in [-0.05, 0) is 43.4 Å². The number of rotatable bonds is 4. The lowest BCUT2D eigenvalue weighted by Crippen LogP contribution is -2.40. The zero-order valence-corrected chi connectivity index (χ0v) is 11.3. The van der Waals surface area contributed by atoms with E-state index in [0.717, 1.165) is 37.0 Å². The predicted molar refractivity (Wildman–Crippen MR) is 69.7 cm³/mol. The van der Waals surface area contributed by atoms with E-state index in [9.17, 15) is 4.79 Å². The topological polar surface area (TPSA) is 35.5 Å².